The maximum Gasteiger partial charge on any atom is 0.0702 e. The van der Waals surface area contributed by atoms with E-state index in [1.54, 1.807) is 11.3 Å². The zero-order valence-corrected chi connectivity index (χ0v) is 11.6. The average molecular weight is 287 g/mol. The van der Waals surface area contributed by atoms with Crippen LogP contribution in [0.5, 0.6) is 0 Å². The Labute approximate surface area is 104 Å². The molecule has 15 heavy (non-hydrogen) atoms. The smallest absolute Gasteiger partial charge is 0.0702 e. The van der Waals surface area contributed by atoms with Gasteiger partial charge in [0.05, 0.1) is 21.8 Å². The molecule has 1 aromatic rings. The second kappa shape index (κ2) is 5.64. The summed E-state index contributed by atoms with van der Waals surface area (Å²) in [4.78, 5) is 3.37. The van der Waals surface area contributed by atoms with Gasteiger partial charge in [0.1, 0.15) is 0 Å². The molecule has 0 N–H and O–H groups in total. The van der Waals surface area contributed by atoms with E-state index in [1.807, 2.05) is 20.2 Å². The summed E-state index contributed by atoms with van der Waals surface area (Å²) in [5, 5.41) is 9.13. The molecule has 0 saturated carbocycles. The van der Waals surface area contributed by atoms with Crippen molar-refractivity contribution in [2.24, 2.45) is 5.92 Å². The average Bonchev–Trinajstić information content (AvgIpc) is 2.59. The molecule has 1 rings (SSSR count). The Balaban J connectivity index is 2.98. The van der Waals surface area contributed by atoms with Gasteiger partial charge in [-0.1, -0.05) is 6.92 Å². The SMILES string of the molecule is CCC(C#N)C(c1ccc(Br)s1)N(C)C. The Hall–Kier alpha value is -0.370. The lowest BCUT2D eigenvalue weighted by atomic mass is 9.96. The quantitative estimate of drug-likeness (QED) is 0.845. The first-order chi connectivity index (χ1) is 7.10. The van der Waals surface area contributed by atoms with E-state index in [9.17, 15) is 0 Å². The second-order valence-corrected chi connectivity index (χ2v) is 6.19. The molecule has 0 bridgehead atoms. The molecule has 0 aliphatic rings. The van der Waals surface area contributed by atoms with Crippen molar-refractivity contribution >= 4 is 27.3 Å². The molecule has 1 heterocycles. The molecule has 2 atom stereocenters. The van der Waals surface area contributed by atoms with Crippen molar-refractivity contribution in [2.45, 2.75) is 19.4 Å². The highest BCUT2D eigenvalue weighted by molar-refractivity contribution is 9.11. The zero-order valence-electron chi connectivity index (χ0n) is 9.20. The Morgan fingerprint density at radius 1 is 1.53 bits per heavy atom. The van der Waals surface area contributed by atoms with Crippen LogP contribution >= 0.6 is 27.3 Å². The number of hydrogen-bond donors (Lipinski definition) is 0. The Bertz CT molecular complexity index is 354. The van der Waals surface area contributed by atoms with Crippen LogP contribution in [-0.4, -0.2) is 19.0 Å². The van der Waals surface area contributed by atoms with Crippen LogP contribution in [0, 0.1) is 17.2 Å². The van der Waals surface area contributed by atoms with E-state index >= 15 is 0 Å². The van der Waals surface area contributed by atoms with Crippen molar-refractivity contribution in [3.8, 4) is 6.07 Å². The minimum Gasteiger partial charge on any atom is -0.300 e. The van der Waals surface area contributed by atoms with Crippen molar-refractivity contribution in [1.29, 1.82) is 5.26 Å². The van der Waals surface area contributed by atoms with Crippen molar-refractivity contribution in [1.82, 2.24) is 4.90 Å². The fraction of sp³-hybridized carbons (Fsp3) is 0.545. The first-order valence-corrected chi connectivity index (χ1v) is 6.52. The van der Waals surface area contributed by atoms with Crippen LogP contribution in [0.1, 0.15) is 24.3 Å². The van der Waals surface area contributed by atoms with Gasteiger partial charge in [-0.05, 0) is 48.6 Å². The molecule has 1 aromatic heterocycles. The summed E-state index contributed by atoms with van der Waals surface area (Å²) in [6, 6.07) is 6.73. The summed E-state index contributed by atoms with van der Waals surface area (Å²) in [6.07, 6.45) is 0.884. The van der Waals surface area contributed by atoms with Crippen LogP contribution in [0.3, 0.4) is 0 Å². The lowest BCUT2D eigenvalue weighted by Crippen LogP contribution is -2.25. The molecule has 0 spiro atoms. The zero-order chi connectivity index (χ0) is 11.4. The third kappa shape index (κ3) is 3.04. The molecule has 0 amide bonds. The van der Waals surface area contributed by atoms with E-state index in [1.165, 1.54) is 4.88 Å². The third-order valence-electron chi connectivity index (χ3n) is 2.43. The number of hydrogen-bond acceptors (Lipinski definition) is 3. The minimum absolute atomic E-state index is 0.0607. The van der Waals surface area contributed by atoms with E-state index in [0.29, 0.717) is 0 Å². The van der Waals surface area contributed by atoms with Gasteiger partial charge in [0.2, 0.25) is 0 Å². The van der Waals surface area contributed by atoms with E-state index in [0.717, 1.165) is 10.2 Å². The van der Waals surface area contributed by atoms with Crippen LogP contribution in [-0.2, 0) is 0 Å². The largest absolute Gasteiger partial charge is 0.300 e. The van der Waals surface area contributed by atoms with Gasteiger partial charge in [-0.15, -0.1) is 11.3 Å². The van der Waals surface area contributed by atoms with E-state index in [-0.39, 0.29) is 12.0 Å². The van der Waals surface area contributed by atoms with Crippen molar-refractivity contribution < 1.29 is 0 Å². The van der Waals surface area contributed by atoms with E-state index in [2.05, 4.69) is 39.9 Å². The standard InChI is InChI=1S/C11H15BrN2S/c1-4-8(7-13)11(14(2)3)9-5-6-10(12)15-9/h5-6,8,11H,4H2,1-3H3. The van der Waals surface area contributed by atoms with Crippen LogP contribution in [0.25, 0.3) is 0 Å². The summed E-state index contributed by atoms with van der Waals surface area (Å²) < 4.78 is 1.12. The number of nitriles is 1. The summed E-state index contributed by atoms with van der Waals surface area (Å²) >= 11 is 5.17. The molecule has 0 radical (unpaired) electrons. The summed E-state index contributed by atoms with van der Waals surface area (Å²) in [5.41, 5.74) is 0. The fourth-order valence-electron chi connectivity index (χ4n) is 1.69. The molecular formula is C11H15BrN2S. The van der Waals surface area contributed by atoms with E-state index < -0.39 is 0 Å². The van der Waals surface area contributed by atoms with Crippen LogP contribution in [0.15, 0.2) is 15.9 Å². The number of rotatable bonds is 4. The highest BCUT2D eigenvalue weighted by Gasteiger charge is 2.24. The Kier molecular flexibility index (Phi) is 4.78. The Morgan fingerprint density at radius 2 is 2.20 bits per heavy atom. The van der Waals surface area contributed by atoms with Crippen molar-refractivity contribution in [2.75, 3.05) is 14.1 Å². The lowest BCUT2D eigenvalue weighted by molar-refractivity contribution is 0.245. The van der Waals surface area contributed by atoms with Gasteiger partial charge in [-0.3, -0.25) is 0 Å². The predicted molar refractivity (Wildman–Crippen MR) is 67.8 cm³/mol. The molecule has 2 unspecified atom stereocenters. The highest BCUT2D eigenvalue weighted by atomic mass is 79.9. The van der Waals surface area contributed by atoms with Crippen LogP contribution < -0.4 is 0 Å². The molecule has 0 aromatic carbocycles. The minimum atomic E-state index is 0.0607. The van der Waals surface area contributed by atoms with Crippen molar-refractivity contribution in [3.63, 3.8) is 0 Å². The third-order valence-corrected chi connectivity index (χ3v) is 4.12. The molecule has 0 saturated heterocycles. The highest BCUT2D eigenvalue weighted by Crippen LogP contribution is 2.35. The van der Waals surface area contributed by atoms with E-state index in [4.69, 9.17) is 5.26 Å². The topological polar surface area (TPSA) is 27.0 Å². The normalized spacial score (nSPS) is 14.9. The number of thiophene rings is 1. The Morgan fingerprint density at radius 3 is 2.53 bits per heavy atom. The first kappa shape index (κ1) is 12.7. The van der Waals surface area contributed by atoms with Gasteiger partial charge in [-0.25, -0.2) is 0 Å². The predicted octanol–water partition coefficient (Wildman–Crippen LogP) is 3.66. The first-order valence-electron chi connectivity index (χ1n) is 4.91. The molecule has 2 nitrogen and oxygen atoms in total. The summed E-state index contributed by atoms with van der Waals surface area (Å²) in [5.74, 6) is 0.0607. The summed E-state index contributed by atoms with van der Waals surface area (Å²) in [6.45, 7) is 2.06. The van der Waals surface area contributed by atoms with Crippen molar-refractivity contribution in [3.05, 3.63) is 20.8 Å². The molecule has 0 fully saturated rings. The monoisotopic (exact) mass is 286 g/mol. The van der Waals surface area contributed by atoms with Crippen LogP contribution in [0.4, 0.5) is 0 Å². The van der Waals surface area contributed by atoms with Gasteiger partial charge in [-0.2, -0.15) is 5.26 Å². The molecule has 0 aliphatic carbocycles. The maximum absolute atomic E-state index is 9.13. The lowest BCUT2D eigenvalue weighted by Gasteiger charge is -2.26. The molecular weight excluding hydrogens is 272 g/mol. The fourth-order valence-corrected chi connectivity index (χ4v) is 3.37. The van der Waals surface area contributed by atoms with Gasteiger partial charge in [0.25, 0.3) is 0 Å². The number of nitrogens with zero attached hydrogens (tertiary/aromatic N) is 2. The van der Waals surface area contributed by atoms with Gasteiger partial charge < -0.3 is 4.90 Å². The van der Waals surface area contributed by atoms with Gasteiger partial charge in [0, 0.05) is 4.88 Å². The molecule has 4 heteroatoms. The number of halogens is 1. The maximum atomic E-state index is 9.13. The van der Waals surface area contributed by atoms with Crippen LogP contribution in [0.2, 0.25) is 0 Å². The second-order valence-electron chi connectivity index (χ2n) is 3.69. The molecule has 0 aliphatic heterocycles. The molecule has 82 valence electrons. The summed E-state index contributed by atoms with van der Waals surface area (Å²) in [7, 11) is 4.05. The van der Waals surface area contributed by atoms with Gasteiger partial charge >= 0.3 is 0 Å². The van der Waals surface area contributed by atoms with Gasteiger partial charge in [0.15, 0.2) is 0 Å².